The molecule has 4 rings (SSSR count). The van der Waals surface area contributed by atoms with E-state index < -0.39 is 4.92 Å². The van der Waals surface area contributed by atoms with Crippen molar-refractivity contribution in [2.75, 3.05) is 18.0 Å². The number of aromatic nitrogens is 3. The van der Waals surface area contributed by atoms with E-state index in [1.165, 1.54) is 12.4 Å². The standard InChI is InChI=1S/C22H24N6O3/c1-16(17-5-8-19(9-6-17)27-15-23-14-24-27)25-22(29)18-7-10-20(21(13-18)28(30)31)26-11-3-2-4-12-26/h5-10,13-16H,2-4,11-12H2,1H3,(H,25,29)/t16-/m0/s1. The zero-order chi connectivity index (χ0) is 21.8. The van der Waals surface area contributed by atoms with Gasteiger partial charge in [0, 0.05) is 24.7 Å². The number of carbonyl (C=O) groups is 1. The van der Waals surface area contributed by atoms with E-state index in [9.17, 15) is 14.9 Å². The van der Waals surface area contributed by atoms with Crippen LogP contribution in [0.3, 0.4) is 0 Å². The molecule has 1 amide bonds. The van der Waals surface area contributed by atoms with Gasteiger partial charge in [-0.25, -0.2) is 9.67 Å². The Morgan fingerprint density at radius 2 is 1.87 bits per heavy atom. The number of nitrogens with zero attached hydrogens (tertiary/aromatic N) is 5. The van der Waals surface area contributed by atoms with E-state index in [1.54, 1.807) is 23.1 Å². The van der Waals surface area contributed by atoms with Crippen LogP contribution in [0.5, 0.6) is 0 Å². The quantitative estimate of drug-likeness (QED) is 0.482. The Morgan fingerprint density at radius 1 is 1.13 bits per heavy atom. The summed E-state index contributed by atoms with van der Waals surface area (Å²) >= 11 is 0. The predicted molar refractivity (Wildman–Crippen MR) is 116 cm³/mol. The van der Waals surface area contributed by atoms with Crippen LogP contribution in [0.25, 0.3) is 5.69 Å². The van der Waals surface area contributed by atoms with Gasteiger partial charge in [-0.05, 0) is 56.0 Å². The molecule has 0 spiro atoms. The molecule has 9 heteroatoms. The number of hydrogen-bond donors (Lipinski definition) is 1. The summed E-state index contributed by atoms with van der Waals surface area (Å²) in [4.78, 5) is 30.0. The van der Waals surface area contributed by atoms with Crippen LogP contribution < -0.4 is 10.2 Å². The fourth-order valence-electron chi connectivity index (χ4n) is 3.83. The van der Waals surface area contributed by atoms with Gasteiger partial charge >= 0.3 is 0 Å². The molecule has 0 saturated carbocycles. The van der Waals surface area contributed by atoms with Gasteiger partial charge in [0.15, 0.2) is 0 Å². The molecule has 2 aromatic carbocycles. The second-order valence-corrected chi connectivity index (χ2v) is 7.64. The molecule has 1 aliphatic heterocycles. The van der Waals surface area contributed by atoms with E-state index in [4.69, 9.17) is 0 Å². The van der Waals surface area contributed by atoms with E-state index in [0.29, 0.717) is 5.69 Å². The summed E-state index contributed by atoms with van der Waals surface area (Å²) in [6.45, 7) is 3.47. The Morgan fingerprint density at radius 3 is 2.52 bits per heavy atom. The van der Waals surface area contributed by atoms with Crippen molar-refractivity contribution in [3.63, 3.8) is 0 Å². The van der Waals surface area contributed by atoms with Gasteiger partial charge in [0.2, 0.25) is 0 Å². The minimum Gasteiger partial charge on any atom is -0.366 e. The Bertz CT molecular complexity index is 1060. The highest BCUT2D eigenvalue weighted by atomic mass is 16.6. The van der Waals surface area contributed by atoms with E-state index in [2.05, 4.69) is 15.4 Å². The third kappa shape index (κ3) is 4.55. The minimum atomic E-state index is -0.410. The number of nitro benzene ring substituents is 1. The zero-order valence-electron chi connectivity index (χ0n) is 17.3. The monoisotopic (exact) mass is 420 g/mol. The van der Waals surface area contributed by atoms with Crippen molar-refractivity contribution < 1.29 is 9.72 Å². The summed E-state index contributed by atoms with van der Waals surface area (Å²) in [6.07, 6.45) is 6.26. The molecule has 1 saturated heterocycles. The molecule has 1 aromatic heterocycles. The fourth-order valence-corrected chi connectivity index (χ4v) is 3.83. The number of anilines is 1. The van der Waals surface area contributed by atoms with Crippen LogP contribution in [0.4, 0.5) is 11.4 Å². The number of nitro groups is 1. The summed E-state index contributed by atoms with van der Waals surface area (Å²) in [7, 11) is 0. The molecule has 0 aliphatic carbocycles. The smallest absolute Gasteiger partial charge is 0.293 e. The first-order valence-electron chi connectivity index (χ1n) is 10.3. The molecule has 1 aliphatic rings. The van der Waals surface area contributed by atoms with Crippen LogP contribution in [0.15, 0.2) is 55.1 Å². The molecule has 2 heterocycles. The highest BCUT2D eigenvalue weighted by molar-refractivity contribution is 5.96. The van der Waals surface area contributed by atoms with Crippen molar-refractivity contribution in [2.45, 2.75) is 32.2 Å². The van der Waals surface area contributed by atoms with E-state index in [1.807, 2.05) is 36.1 Å². The van der Waals surface area contributed by atoms with Crippen LogP contribution in [0.1, 0.15) is 48.1 Å². The Kier molecular flexibility index (Phi) is 5.92. The van der Waals surface area contributed by atoms with Crippen molar-refractivity contribution in [2.24, 2.45) is 0 Å². The van der Waals surface area contributed by atoms with Gasteiger partial charge in [0.1, 0.15) is 18.3 Å². The van der Waals surface area contributed by atoms with Crippen molar-refractivity contribution in [1.82, 2.24) is 20.1 Å². The first kappa shape index (κ1) is 20.5. The molecule has 0 bridgehead atoms. The fraction of sp³-hybridized carbons (Fsp3) is 0.318. The molecule has 0 radical (unpaired) electrons. The molecule has 1 fully saturated rings. The predicted octanol–water partition coefficient (Wildman–Crippen LogP) is 3.66. The van der Waals surface area contributed by atoms with Crippen molar-refractivity contribution in [1.29, 1.82) is 0 Å². The average molecular weight is 420 g/mol. The van der Waals surface area contributed by atoms with E-state index in [0.717, 1.165) is 43.6 Å². The lowest BCUT2D eigenvalue weighted by Gasteiger charge is -2.28. The maximum Gasteiger partial charge on any atom is 0.293 e. The minimum absolute atomic E-state index is 0.0283. The number of carbonyl (C=O) groups excluding carboxylic acids is 1. The number of hydrogen-bond acceptors (Lipinski definition) is 6. The summed E-state index contributed by atoms with van der Waals surface area (Å²) in [5.74, 6) is -0.346. The molecular weight excluding hydrogens is 396 g/mol. The van der Waals surface area contributed by atoms with Gasteiger partial charge in [0.25, 0.3) is 11.6 Å². The Hall–Kier alpha value is -3.75. The third-order valence-corrected chi connectivity index (χ3v) is 5.56. The van der Waals surface area contributed by atoms with Crippen LogP contribution in [-0.4, -0.2) is 38.7 Å². The van der Waals surface area contributed by atoms with Gasteiger partial charge in [-0.2, -0.15) is 5.10 Å². The first-order chi connectivity index (χ1) is 15.0. The van der Waals surface area contributed by atoms with Gasteiger partial charge in [0.05, 0.1) is 16.7 Å². The van der Waals surface area contributed by atoms with Gasteiger partial charge in [-0.3, -0.25) is 14.9 Å². The second kappa shape index (κ2) is 8.95. The molecule has 0 unspecified atom stereocenters. The zero-order valence-corrected chi connectivity index (χ0v) is 17.3. The average Bonchev–Trinajstić information content (AvgIpc) is 3.34. The van der Waals surface area contributed by atoms with Gasteiger partial charge in [-0.1, -0.05) is 12.1 Å². The number of benzene rings is 2. The Balaban J connectivity index is 1.48. The van der Waals surface area contributed by atoms with Crippen LogP contribution in [0, 0.1) is 10.1 Å². The lowest BCUT2D eigenvalue weighted by molar-refractivity contribution is -0.384. The summed E-state index contributed by atoms with van der Waals surface area (Å²) in [5.41, 5.74) is 2.61. The van der Waals surface area contributed by atoms with Crippen molar-refractivity contribution in [3.05, 3.63) is 76.4 Å². The highest BCUT2D eigenvalue weighted by Gasteiger charge is 2.23. The molecule has 1 N–H and O–H groups in total. The number of piperidine rings is 1. The lowest BCUT2D eigenvalue weighted by Crippen LogP contribution is -2.30. The summed E-state index contributed by atoms with van der Waals surface area (Å²) in [6, 6.07) is 12.1. The SMILES string of the molecule is C[C@H](NC(=O)c1ccc(N2CCCCC2)c([N+](=O)[O-])c1)c1ccc(-n2cncn2)cc1. The first-order valence-corrected chi connectivity index (χ1v) is 10.3. The van der Waals surface area contributed by atoms with E-state index in [-0.39, 0.29) is 23.2 Å². The van der Waals surface area contributed by atoms with E-state index >= 15 is 0 Å². The highest BCUT2D eigenvalue weighted by Crippen LogP contribution is 2.31. The van der Waals surface area contributed by atoms with Crippen molar-refractivity contribution >= 4 is 17.3 Å². The maximum atomic E-state index is 12.8. The van der Waals surface area contributed by atoms with Crippen molar-refractivity contribution in [3.8, 4) is 5.69 Å². The Labute approximate surface area is 179 Å². The van der Waals surface area contributed by atoms with Gasteiger partial charge in [-0.15, -0.1) is 0 Å². The molecule has 160 valence electrons. The normalized spacial score (nSPS) is 14.8. The maximum absolute atomic E-state index is 12.8. The van der Waals surface area contributed by atoms with Crippen LogP contribution in [0.2, 0.25) is 0 Å². The second-order valence-electron chi connectivity index (χ2n) is 7.64. The topological polar surface area (TPSA) is 106 Å². The number of nitrogens with one attached hydrogen (secondary N) is 1. The van der Waals surface area contributed by atoms with Gasteiger partial charge < -0.3 is 10.2 Å². The van der Waals surface area contributed by atoms with Crippen LogP contribution >= 0.6 is 0 Å². The molecule has 31 heavy (non-hydrogen) atoms. The molecule has 3 aromatic rings. The molecular formula is C22H24N6O3. The number of rotatable bonds is 6. The molecule has 1 atom stereocenters. The molecule has 9 nitrogen and oxygen atoms in total. The number of amides is 1. The summed E-state index contributed by atoms with van der Waals surface area (Å²) < 4.78 is 1.65. The van der Waals surface area contributed by atoms with Crippen LogP contribution in [-0.2, 0) is 0 Å². The lowest BCUT2D eigenvalue weighted by atomic mass is 10.1. The summed E-state index contributed by atoms with van der Waals surface area (Å²) in [5, 5.41) is 18.7. The largest absolute Gasteiger partial charge is 0.366 e. The third-order valence-electron chi connectivity index (χ3n) is 5.56.